The van der Waals surface area contributed by atoms with Gasteiger partial charge in [-0.15, -0.1) is 0 Å². The Morgan fingerprint density at radius 2 is 0.432 bits per heavy atom. The number of anilines is 4. The lowest BCUT2D eigenvalue weighted by molar-refractivity contribution is 0.0959. The van der Waals surface area contributed by atoms with Crippen molar-refractivity contribution in [3.05, 3.63) is 366 Å². The molecule has 24 heteroatoms. The summed E-state index contributed by atoms with van der Waals surface area (Å²) in [7, 11) is -3.08. The minimum absolute atomic E-state index is 0.230. The highest BCUT2D eigenvalue weighted by Gasteiger charge is 2.40. The SMILES string of the molecule is COc1ccc(C(=O)CC(C)C)cc1C1CC(c2ccc(C)cc2)C1.COc1ccc(C(=O)CC(C)C)cc1C1CC(c2ccc(C)cc2)C1.COc1ccc(NS(C)(=O)=O)cc1C1CC(c2ccc(C)cc2)C1.COc1ccc(NS(C)(=O)=O)cc1C1CC(c2ccc(C)cc2)C1.COc1ccc(NS(C)(=O)=O)cc1C1CC(c2cccc(C)c2)C1.COc1ccc(NS(C)(=O)=O)cc1C1CC(c2cccc(C)c2)C1. The third kappa shape index (κ3) is 31.0. The van der Waals surface area contributed by atoms with E-state index in [1.54, 1.807) is 66.9 Å². The molecule has 146 heavy (non-hydrogen) atoms. The molecule has 0 bridgehead atoms. The van der Waals surface area contributed by atoms with Crippen molar-refractivity contribution in [2.24, 2.45) is 11.8 Å². The average Bonchev–Trinajstić information content (AvgIpc) is 0.751. The van der Waals surface area contributed by atoms with Gasteiger partial charge in [-0.25, -0.2) is 33.7 Å². The highest BCUT2D eigenvalue weighted by atomic mass is 32.2. The van der Waals surface area contributed by atoms with E-state index in [0.29, 0.717) is 118 Å². The van der Waals surface area contributed by atoms with E-state index in [9.17, 15) is 43.3 Å². The number of carbonyl (C=O) groups excluding carboxylic acids is 2. The van der Waals surface area contributed by atoms with E-state index in [1.165, 1.54) is 77.9 Å². The zero-order chi connectivity index (χ0) is 105. The van der Waals surface area contributed by atoms with E-state index in [0.717, 1.165) is 170 Å². The molecular formula is C122H148N4O16S4. The molecule has 6 saturated carbocycles. The molecule has 18 rings (SSSR count). The highest BCUT2D eigenvalue weighted by Crippen LogP contribution is 2.57. The fraction of sp³-hybridized carbons (Fsp3) is 0.393. The summed E-state index contributed by atoms with van der Waals surface area (Å²) in [4.78, 5) is 24.8. The number of carbonyl (C=O) groups is 2. The molecule has 0 unspecified atom stereocenters. The molecular weight excluding hydrogens is 1910 g/mol. The Hall–Kier alpha value is -12.2. The van der Waals surface area contributed by atoms with Crippen molar-refractivity contribution < 1.29 is 71.7 Å². The van der Waals surface area contributed by atoms with Crippen LogP contribution in [0.3, 0.4) is 0 Å². The summed E-state index contributed by atoms with van der Waals surface area (Å²) in [6, 6.07) is 86.2. The van der Waals surface area contributed by atoms with E-state index in [-0.39, 0.29) is 11.6 Å². The number of aryl methyl sites for hydroxylation is 6. The van der Waals surface area contributed by atoms with Gasteiger partial charge in [-0.3, -0.25) is 28.5 Å². The van der Waals surface area contributed by atoms with E-state index < -0.39 is 40.1 Å². The summed E-state index contributed by atoms with van der Waals surface area (Å²) in [6.45, 7) is 21.0. The predicted molar refractivity (Wildman–Crippen MR) is 595 cm³/mol. The van der Waals surface area contributed by atoms with Gasteiger partial charge in [0, 0.05) is 46.7 Å². The molecule has 776 valence electrons. The summed E-state index contributed by atoms with van der Waals surface area (Å²) in [5, 5.41) is 0. The van der Waals surface area contributed by atoms with Gasteiger partial charge in [0.25, 0.3) is 0 Å². The minimum Gasteiger partial charge on any atom is -0.496 e. The maximum atomic E-state index is 12.4. The van der Waals surface area contributed by atoms with Crippen LogP contribution in [0.1, 0.15) is 309 Å². The van der Waals surface area contributed by atoms with Crippen LogP contribution >= 0.6 is 0 Å². The molecule has 0 atom stereocenters. The Morgan fingerprint density at radius 3 is 0.616 bits per heavy atom. The van der Waals surface area contributed by atoms with E-state index >= 15 is 0 Å². The number of ether oxygens (including phenoxy) is 6. The second-order valence-electron chi connectivity index (χ2n) is 41.9. The van der Waals surface area contributed by atoms with Gasteiger partial charge in [0.2, 0.25) is 40.1 Å². The molecule has 0 heterocycles. The van der Waals surface area contributed by atoms with Gasteiger partial charge >= 0.3 is 0 Å². The summed E-state index contributed by atoms with van der Waals surface area (Å²) in [5.74, 6) is 12.3. The number of nitrogens with one attached hydrogen (secondary N) is 4. The quantitative estimate of drug-likeness (QED) is 0.0285. The number of ketones is 2. The lowest BCUT2D eigenvalue weighted by atomic mass is 9.68. The number of rotatable bonds is 32. The van der Waals surface area contributed by atoms with Crippen molar-refractivity contribution in [2.45, 2.75) is 230 Å². The molecule has 6 aliphatic carbocycles. The van der Waals surface area contributed by atoms with Crippen LogP contribution in [0.4, 0.5) is 22.7 Å². The van der Waals surface area contributed by atoms with Crippen molar-refractivity contribution >= 4 is 74.4 Å². The first-order chi connectivity index (χ1) is 69.4. The zero-order valence-corrected chi connectivity index (χ0v) is 91.7. The average molecular weight is 2050 g/mol. The monoisotopic (exact) mass is 2050 g/mol. The lowest BCUT2D eigenvalue weighted by Crippen LogP contribution is -2.21. The molecule has 6 fully saturated rings. The number of benzene rings is 12. The Bertz CT molecular complexity index is 6540. The molecule has 12 aromatic carbocycles. The molecule has 0 amide bonds. The lowest BCUT2D eigenvalue weighted by Gasteiger charge is -2.37. The van der Waals surface area contributed by atoms with Crippen LogP contribution in [0.5, 0.6) is 34.5 Å². The van der Waals surface area contributed by atoms with Crippen molar-refractivity contribution in [1.29, 1.82) is 0 Å². The smallest absolute Gasteiger partial charge is 0.229 e. The second kappa shape index (κ2) is 49.5. The summed E-state index contributed by atoms with van der Waals surface area (Å²) >= 11 is 0. The van der Waals surface area contributed by atoms with Crippen molar-refractivity contribution in [2.75, 3.05) is 86.6 Å². The van der Waals surface area contributed by atoms with Gasteiger partial charge in [-0.1, -0.05) is 207 Å². The fourth-order valence-corrected chi connectivity index (χ4v) is 23.0. The zero-order valence-electron chi connectivity index (χ0n) is 88.4. The van der Waals surface area contributed by atoms with Crippen LogP contribution in [0.25, 0.3) is 0 Å². The maximum Gasteiger partial charge on any atom is 0.229 e. The van der Waals surface area contributed by atoms with Crippen molar-refractivity contribution in [3.8, 4) is 34.5 Å². The number of Topliss-reactive ketones (excluding diaryl/α,β-unsaturated/α-hetero) is 2. The molecule has 0 saturated heterocycles. The maximum absolute atomic E-state index is 12.4. The fourth-order valence-electron chi connectivity index (χ4n) is 20.8. The van der Waals surface area contributed by atoms with Gasteiger partial charge in [0.1, 0.15) is 34.5 Å². The molecule has 0 radical (unpaired) electrons. The number of methoxy groups -OCH3 is 6. The molecule has 4 N–H and O–H groups in total. The first-order valence-corrected chi connectivity index (χ1v) is 58.4. The third-order valence-corrected chi connectivity index (χ3v) is 31.5. The van der Waals surface area contributed by atoms with Gasteiger partial charge in [-0.2, -0.15) is 0 Å². The minimum atomic E-state index is -3.28. The van der Waals surface area contributed by atoms with Gasteiger partial charge < -0.3 is 28.4 Å². The van der Waals surface area contributed by atoms with E-state index in [1.807, 2.05) is 72.8 Å². The Labute approximate surface area is 869 Å². The molecule has 0 spiro atoms. The van der Waals surface area contributed by atoms with Crippen LogP contribution < -0.4 is 47.3 Å². The molecule has 6 aliphatic rings. The summed E-state index contributed by atoms with van der Waals surface area (Å²) < 4.78 is 135. The van der Waals surface area contributed by atoms with Gasteiger partial charge in [0.05, 0.1) is 67.7 Å². The highest BCUT2D eigenvalue weighted by molar-refractivity contribution is 7.92. The van der Waals surface area contributed by atoms with E-state index in [4.69, 9.17) is 28.4 Å². The largest absolute Gasteiger partial charge is 0.496 e. The normalized spacial score (nSPS) is 20.0. The second-order valence-corrected chi connectivity index (χ2v) is 48.9. The first-order valence-electron chi connectivity index (χ1n) is 50.8. The molecule has 0 aliphatic heterocycles. The Balaban J connectivity index is 0.000000147. The van der Waals surface area contributed by atoms with Crippen LogP contribution in [-0.2, 0) is 40.1 Å². The Kier molecular flexibility index (Phi) is 37.6. The van der Waals surface area contributed by atoms with Crippen LogP contribution in [0, 0.1) is 53.4 Å². The molecule has 12 aromatic rings. The van der Waals surface area contributed by atoms with Gasteiger partial charge in [0.15, 0.2) is 11.6 Å². The standard InChI is InChI=1S/2C23H28O2.4C19H23NO3S/c2*1-15(2)11-22(24)18-9-10-23(25-4)21(14-18)20-12-19(13-20)17-7-5-16(3)6-8-17;2*1-13-4-6-14(7-5-13)15-10-16(11-15)18-12-17(20-24(3,21)22)8-9-19(18)23-2;2*1-13-5-4-6-14(9-13)15-10-16(11-15)18-12-17(20-24(3,21)22)7-8-19(18)23-2/h2*5-10,14-15,19-20H,11-13H2,1-4H3;4*4-9,12,15-16,20H,10-11H2,1-3H3. The van der Waals surface area contributed by atoms with Gasteiger partial charge in [-0.05, 0) is 377 Å². The topological polar surface area (TPSA) is 274 Å². The molecule has 0 aromatic heterocycles. The number of hydrogen-bond acceptors (Lipinski definition) is 16. The Morgan fingerprint density at radius 1 is 0.240 bits per heavy atom. The molecule has 20 nitrogen and oxygen atoms in total. The number of hydrogen-bond donors (Lipinski definition) is 4. The van der Waals surface area contributed by atoms with Crippen LogP contribution in [0.15, 0.2) is 255 Å². The van der Waals surface area contributed by atoms with Crippen molar-refractivity contribution in [3.63, 3.8) is 0 Å². The first kappa shape index (κ1) is 111. The third-order valence-electron chi connectivity index (χ3n) is 29.1. The van der Waals surface area contributed by atoms with Crippen LogP contribution in [-0.4, -0.2) is 113 Å². The van der Waals surface area contributed by atoms with E-state index in [2.05, 4.69) is 246 Å². The van der Waals surface area contributed by atoms with Crippen molar-refractivity contribution in [1.82, 2.24) is 0 Å². The summed E-state index contributed by atoms with van der Waals surface area (Å²) in [6.07, 6.45) is 18.8. The predicted octanol–water partition coefficient (Wildman–Crippen LogP) is 27.9. The number of sulfonamides is 4. The summed E-state index contributed by atoms with van der Waals surface area (Å²) in [5.41, 5.74) is 26.8. The van der Waals surface area contributed by atoms with Crippen LogP contribution in [0.2, 0.25) is 0 Å².